The Morgan fingerprint density at radius 3 is 2.58 bits per heavy atom. The van der Waals surface area contributed by atoms with Crippen molar-refractivity contribution in [2.75, 3.05) is 25.4 Å². The van der Waals surface area contributed by atoms with Gasteiger partial charge in [0.05, 0.1) is 6.04 Å². The van der Waals surface area contributed by atoms with Gasteiger partial charge in [-0.1, -0.05) is 19.3 Å². The van der Waals surface area contributed by atoms with E-state index in [2.05, 4.69) is 22.0 Å². The van der Waals surface area contributed by atoms with E-state index in [-0.39, 0.29) is 6.04 Å². The fourth-order valence-corrected chi connectivity index (χ4v) is 4.18. The molecule has 2 fully saturated rings. The summed E-state index contributed by atoms with van der Waals surface area (Å²) in [7, 11) is 0. The summed E-state index contributed by atoms with van der Waals surface area (Å²) < 4.78 is 0. The third-order valence-electron chi connectivity index (χ3n) is 4.21. The lowest BCUT2D eigenvalue weighted by atomic mass is 10.2. The second-order valence-corrected chi connectivity index (χ2v) is 7.27. The fraction of sp³-hybridized carbons (Fsp3) is 0.933. The van der Waals surface area contributed by atoms with Crippen LogP contribution in [0.2, 0.25) is 0 Å². The molecule has 0 aromatic heterocycles. The molecule has 19 heavy (non-hydrogen) atoms. The van der Waals surface area contributed by atoms with Crippen molar-refractivity contribution in [3.63, 3.8) is 0 Å². The summed E-state index contributed by atoms with van der Waals surface area (Å²) in [6, 6.07) is -0.0133. The lowest BCUT2D eigenvalue weighted by Gasteiger charge is -2.27. The molecule has 0 aromatic rings. The van der Waals surface area contributed by atoms with E-state index >= 15 is 0 Å². The average Bonchev–Trinajstić information content (AvgIpc) is 2.74. The van der Waals surface area contributed by atoms with Gasteiger partial charge in [-0.05, 0) is 38.4 Å². The standard InChI is InChI=1S/C15H28N2OS/c1-13(16-12-14-8-4-7-11-19-14)15(18)17-9-5-2-3-6-10-17/h13-14,16H,2-12H2,1H3. The van der Waals surface area contributed by atoms with E-state index in [4.69, 9.17) is 0 Å². The second-order valence-electron chi connectivity index (χ2n) is 5.86. The molecule has 2 saturated heterocycles. The predicted molar refractivity (Wildman–Crippen MR) is 82.6 cm³/mol. The Bertz CT molecular complexity index is 271. The first-order valence-electron chi connectivity index (χ1n) is 7.91. The summed E-state index contributed by atoms with van der Waals surface area (Å²) in [5.41, 5.74) is 0. The molecule has 2 aliphatic heterocycles. The van der Waals surface area contributed by atoms with Crippen molar-refractivity contribution in [2.24, 2.45) is 0 Å². The van der Waals surface area contributed by atoms with Crippen molar-refractivity contribution in [1.29, 1.82) is 0 Å². The van der Waals surface area contributed by atoms with E-state index < -0.39 is 0 Å². The third-order valence-corrected chi connectivity index (χ3v) is 5.61. The molecule has 1 amide bonds. The van der Waals surface area contributed by atoms with Gasteiger partial charge in [0.2, 0.25) is 5.91 Å². The summed E-state index contributed by atoms with van der Waals surface area (Å²) in [4.78, 5) is 14.4. The molecule has 2 unspecified atom stereocenters. The number of nitrogens with zero attached hydrogens (tertiary/aromatic N) is 1. The molecule has 4 heteroatoms. The Kier molecular flexibility index (Phi) is 6.51. The molecule has 2 rings (SSSR count). The molecule has 0 saturated carbocycles. The normalized spacial score (nSPS) is 26.8. The van der Waals surface area contributed by atoms with Crippen molar-refractivity contribution >= 4 is 17.7 Å². The van der Waals surface area contributed by atoms with Gasteiger partial charge < -0.3 is 10.2 Å². The van der Waals surface area contributed by atoms with Gasteiger partial charge in [0.15, 0.2) is 0 Å². The molecule has 2 atom stereocenters. The van der Waals surface area contributed by atoms with E-state index in [1.54, 1.807) is 0 Å². The van der Waals surface area contributed by atoms with Gasteiger partial charge in [-0.2, -0.15) is 11.8 Å². The van der Waals surface area contributed by atoms with Crippen LogP contribution in [0.5, 0.6) is 0 Å². The van der Waals surface area contributed by atoms with Crippen LogP contribution in [-0.4, -0.2) is 47.5 Å². The SMILES string of the molecule is CC(NCC1CCCCS1)C(=O)N1CCCCCC1. The van der Waals surface area contributed by atoms with Gasteiger partial charge in [-0.3, -0.25) is 4.79 Å². The molecule has 0 radical (unpaired) electrons. The molecule has 0 bridgehead atoms. The highest BCUT2D eigenvalue weighted by atomic mass is 32.2. The summed E-state index contributed by atoms with van der Waals surface area (Å²) in [6.45, 7) is 4.94. The number of amides is 1. The second kappa shape index (κ2) is 8.15. The van der Waals surface area contributed by atoms with Gasteiger partial charge in [0, 0.05) is 24.9 Å². The number of rotatable bonds is 4. The molecule has 2 heterocycles. The summed E-state index contributed by atoms with van der Waals surface area (Å²) >= 11 is 2.07. The van der Waals surface area contributed by atoms with Crippen molar-refractivity contribution < 1.29 is 4.79 Å². The van der Waals surface area contributed by atoms with Crippen molar-refractivity contribution in [3.8, 4) is 0 Å². The Balaban J connectivity index is 1.71. The highest BCUT2D eigenvalue weighted by Crippen LogP contribution is 2.24. The predicted octanol–water partition coefficient (Wildman–Crippen LogP) is 2.65. The zero-order chi connectivity index (χ0) is 13.5. The maximum absolute atomic E-state index is 12.4. The van der Waals surface area contributed by atoms with E-state index in [9.17, 15) is 4.79 Å². The Hall–Kier alpha value is -0.220. The van der Waals surface area contributed by atoms with Gasteiger partial charge in [-0.25, -0.2) is 0 Å². The first-order valence-corrected chi connectivity index (χ1v) is 8.96. The van der Waals surface area contributed by atoms with Crippen molar-refractivity contribution in [1.82, 2.24) is 10.2 Å². The number of nitrogens with one attached hydrogen (secondary N) is 1. The molecule has 2 aliphatic rings. The molecule has 0 spiro atoms. The summed E-state index contributed by atoms with van der Waals surface area (Å²) in [5, 5.41) is 4.17. The minimum atomic E-state index is -0.0133. The van der Waals surface area contributed by atoms with Crippen molar-refractivity contribution in [3.05, 3.63) is 0 Å². The highest BCUT2D eigenvalue weighted by Gasteiger charge is 2.22. The molecular formula is C15H28N2OS. The van der Waals surface area contributed by atoms with Crippen LogP contribution in [0.15, 0.2) is 0 Å². The van der Waals surface area contributed by atoms with Crippen LogP contribution in [0.4, 0.5) is 0 Å². The van der Waals surface area contributed by atoms with Crippen molar-refractivity contribution in [2.45, 2.75) is 63.2 Å². The largest absolute Gasteiger partial charge is 0.341 e. The fourth-order valence-electron chi connectivity index (χ4n) is 2.93. The number of carbonyl (C=O) groups excluding carboxylic acids is 1. The van der Waals surface area contributed by atoms with Crippen LogP contribution in [0, 0.1) is 0 Å². The van der Waals surface area contributed by atoms with Crippen LogP contribution in [0.25, 0.3) is 0 Å². The van der Waals surface area contributed by atoms with Gasteiger partial charge in [0.1, 0.15) is 0 Å². The Labute approximate surface area is 121 Å². The number of likely N-dealkylation sites (tertiary alicyclic amines) is 1. The van der Waals surface area contributed by atoms with Crippen LogP contribution in [0.3, 0.4) is 0 Å². The molecule has 110 valence electrons. The minimum Gasteiger partial charge on any atom is -0.341 e. The van der Waals surface area contributed by atoms with Crippen LogP contribution < -0.4 is 5.32 Å². The zero-order valence-corrected chi connectivity index (χ0v) is 13.0. The first-order chi connectivity index (χ1) is 9.27. The maximum Gasteiger partial charge on any atom is 0.239 e. The van der Waals surface area contributed by atoms with E-state index in [1.165, 1.54) is 50.7 Å². The molecule has 0 aliphatic carbocycles. The molecule has 0 aromatic carbocycles. The number of thioether (sulfide) groups is 1. The smallest absolute Gasteiger partial charge is 0.239 e. The summed E-state index contributed by atoms with van der Waals surface area (Å²) in [5.74, 6) is 1.60. The van der Waals surface area contributed by atoms with Gasteiger partial charge in [-0.15, -0.1) is 0 Å². The molecule has 1 N–H and O–H groups in total. The molecule has 3 nitrogen and oxygen atoms in total. The van der Waals surface area contributed by atoms with Crippen LogP contribution >= 0.6 is 11.8 Å². The lowest BCUT2D eigenvalue weighted by Crippen LogP contribution is -2.47. The number of hydrogen-bond donors (Lipinski definition) is 1. The van der Waals surface area contributed by atoms with Crippen LogP contribution in [0.1, 0.15) is 51.9 Å². The Morgan fingerprint density at radius 1 is 1.21 bits per heavy atom. The average molecular weight is 284 g/mol. The molecular weight excluding hydrogens is 256 g/mol. The van der Waals surface area contributed by atoms with E-state index in [0.717, 1.165) is 19.6 Å². The Morgan fingerprint density at radius 2 is 1.95 bits per heavy atom. The monoisotopic (exact) mass is 284 g/mol. The maximum atomic E-state index is 12.4. The quantitative estimate of drug-likeness (QED) is 0.861. The minimum absolute atomic E-state index is 0.0133. The van der Waals surface area contributed by atoms with E-state index in [0.29, 0.717) is 11.2 Å². The first kappa shape index (κ1) is 15.2. The van der Waals surface area contributed by atoms with Crippen LogP contribution in [-0.2, 0) is 4.79 Å². The zero-order valence-electron chi connectivity index (χ0n) is 12.2. The van der Waals surface area contributed by atoms with Gasteiger partial charge >= 0.3 is 0 Å². The summed E-state index contributed by atoms with van der Waals surface area (Å²) in [6.07, 6.45) is 8.95. The van der Waals surface area contributed by atoms with Gasteiger partial charge in [0.25, 0.3) is 0 Å². The van der Waals surface area contributed by atoms with E-state index in [1.807, 2.05) is 6.92 Å². The third kappa shape index (κ3) is 4.99. The number of hydrogen-bond acceptors (Lipinski definition) is 3. The topological polar surface area (TPSA) is 32.3 Å². The lowest BCUT2D eigenvalue weighted by molar-refractivity contribution is -0.133. The highest BCUT2D eigenvalue weighted by molar-refractivity contribution is 7.99. The number of carbonyl (C=O) groups is 1.